The van der Waals surface area contributed by atoms with E-state index in [1.54, 1.807) is 18.3 Å². The van der Waals surface area contributed by atoms with Crippen molar-refractivity contribution in [2.75, 3.05) is 0 Å². The number of benzene rings is 1. The van der Waals surface area contributed by atoms with E-state index in [0.29, 0.717) is 0 Å². The Balaban J connectivity index is 2.43. The third-order valence-corrected chi connectivity index (χ3v) is 2.57. The normalized spacial score (nSPS) is 10.2. The maximum atomic E-state index is 10.6. The molecular formula is C13H12N2O2. The van der Waals surface area contributed by atoms with Crippen molar-refractivity contribution < 1.29 is 4.92 Å². The van der Waals surface area contributed by atoms with Gasteiger partial charge in [0.2, 0.25) is 0 Å². The Morgan fingerprint density at radius 1 is 1.18 bits per heavy atom. The van der Waals surface area contributed by atoms with Gasteiger partial charge in [0.1, 0.15) is 0 Å². The summed E-state index contributed by atoms with van der Waals surface area (Å²) in [6, 6.07) is 8.49. The van der Waals surface area contributed by atoms with Crippen molar-refractivity contribution in [1.82, 2.24) is 4.98 Å². The van der Waals surface area contributed by atoms with Crippen LogP contribution in [0.5, 0.6) is 0 Å². The first-order valence-electron chi connectivity index (χ1n) is 5.26. The van der Waals surface area contributed by atoms with Crippen molar-refractivity contribution in [3.8, 4) is 11.3 Å². The minimum Gasteiger partial charge on any atom is -0.258 e. The van der Waals surface area contributed by atoms with Gasteiger partial charge in [-0.2, -0.15) is 0 Å². The summed E-state index contributed by atoms with van der Waals surface area (Å²) in [5.74, 6) is 0. The molecule has 0 saturated heterocycles. The monoisotopic (exact) mass is 228 g/mol. The molecule has 0 amide bonds. The maximum absolute atomic E-state index is 10.6. The molecule has 2 rings (SSSR count). The Morgan fingerprint density at radius 3 is 2.35 bits per heavy atom. The second kappa shape index (κ2) is 4.33. The molecule has 0 aliphatic rings. The van der Waals surface area contributed by atoms with Gasteiger partial charge in [-0.3, -0.25) is 15.1 Å². The highest BCUT2D eigenvalue weighted by atomic mass is 16.6. The Morgan fingerprint density at radius 2 is 1.82 bits per heavy atom. The van der Waals surface area contributed by atoms with Gasteiger partial charge in [-0.15, -0.1) is 0 Å². The van der Waals surface area contributed by atoms with E-state index in [0.717, 1.165) is 22.4 Å². The van der Waals surface area contributed by atoms with Crippen molar-refractivity contribution >= 4 is 5.69 Å². The second-order valence-corrected chi connectivity index (χ2v) is 3.98. The van der Waals surface area contributed by atoms with Crippen molar-refractivity contribution in [3.05, 3.63) is 57.8 Å². The first kappa shape index (κ1) is 11.3. The summed E-state index contributed by atoms with van der Waals surface area (Å²) in [5, 5.41) is 10.6. The molecule has 0 N–H and O–H groups in total. The van der Waals surface area contributed by atoms with Crippen LogP contribution in [-0.2, 0) is 0 Å². The van der Waals surface area contributed by atoms with Crippen LogP contribution in [-0.4, -0.2) is 9.91 Å². The summed E-state index contributed by atoms with van der Waals surface area (Å²) in [6.45, 7) is 3.97. The summed E-state index contributed by atoms with van der Waals surface area (Å²) in [7, 11) is 0. The Kier molecular flexibility index (Phi) is 2.87. The number of nitrogens with zero attached hydrogens (tertiary/aromatic N) is 2. The van der Waals surface area contributed by atoms with E-state index < -0.39 is 4.92 Å². The molecule has 0 bridgehead atoms. The minimum atomic E-state index is -0.404. The van der Waals surface area contributed by atoms with Crippen molar-refractivity contribution in [2.45, 2.75) is 13.8 Å². The molecule has 2 aromatic rings. The molecule has 0 fully saturated rings. The van der Waals surface area contributed by atoms with Crippen LogP contribution < -0.4 is 0 Å². The average Bonchev–Trinajstić information content (AvgIpc) is 2.29. The van der Waals surface area contributed by atoms with Crippen LogP contribution in [0.25, 0.3) is 11.3 Å². The number of rotatable bonds is 2. The van der Waals surface area contributed by atoms with Gasteiger partial charge in [-0.25, -0.2) is 0 Å². The number of aryl methyl sites for hydroxylation is 2. The lowest BCUT2D eigenvalue weighted by atomic mass is 10.1. The number of hydrogen-bond acceptors (Lipinski definition) is 3. The predicted octanol–water partition coefficient (Wildman–Crippen LogP) is 3.27. The summed E-state index contributed by atoms with van der Waals surface area (Å²) < 4.78 is 0. The highest BCUT2D eigenvalue weighted by Gasteiger charge is 2.07. The first-order valence-corrected chi connectivity index (χ1v) is 5.26. The lowest BCUT2D eigenvalue weighted by Crippen LogP contribution is -1.91. The van der Waals surface area contributed by atoms with Crippen LogP contribution in [0.2, 0.25) is 0 Å². The number of hydrogen-bond donors (Lipinski definition) is 0. The number of aromatic nitrogens is 1. The van der Waals surface area contributed by atoms with Gasteiger partial charge in [0.25, 0.3) is 5.69 Å². The van der Waals surface area contributed by atoms with E-state index in [9.17, 15) is 10.1 Å². The molecule has 0 saturated carbocycles. The minimum absolute atomic E-state index is 0.0958. The molecule has 4 heteroatoms. The van der Waals surface area contributed by atoms with E-state index in [2.05, 4.69) is 4.98 Å². The van der Waals surface area contributed by atoms with Crippen molar-refractivity contribution in [1.29, 1.82) is 0 Å². The van der Waals surface area contributed by atoms with Gasteiger partial charge >= 0.3 is 0 Å². The molecule has 0 atom stereocenters. The summed E-state index contributed by atoms with van der Waals surface area (Å²) in [6.07, 6.45) is 1.80. The van der Waals surface area contributed by atoms with Crippen LogP contribution in [0.4, 0.5) is 5.69 Å². The molecule has 17 heavy (non-hydrogen) atoms. The molecule has 1 aromatic carbocycles. The zero-order chi connectivity index (χ0) is 12.4. The lowest BCUT2D eigenvalue weighted by Gasteiger charge is -2.05. The molecular weight excluding hydrogens is 216 g/mol. The highest BCUT2D eigenvalue weighted by molar-refractivity contribution is 5.64. The molecule has 0 aliphatic heterocycles. The number of nitro benzene ring substituents is 1. The molecule has 4 nitrogen and oxygen atoms in total. The highest BCUT2D eigenvalue weighted by Crippen LogP contribution is 2.23. The second-order valence-electron chi connectivity index (χ2n) is 3.98. The molecule has 0 spiro atoms. The average molecular weight is 228 g/mol. The zero-order valence-electron chi connectivity index (χ0n) is 9.68. The molecule has 86 valence electrons. The van der Waals surface area contributed by atoms with Gasteiger partial charge in [0.15, 0.2) is 0 Å². The van der Waals surface area contributed by atoms with Gasteiger partial charge in [0.05, 0.1) is 10.6 Å². The van der Waals surface area contributed by atoms with Gasteiger partial charge in [-0.1, -0.05) is 6.07 Å². The van der Waals surface area contributed by atoms with Crippen LogP contribution in [0.15, 0.2) is 36.5 Å². The summed E-state index contributed by atoms with van der Waals surface area (Å²) in [4.78, 5) is 14.5. The van der Waals surface area contributed by atoms with Gasteiger partial charge < -0.3 is 0 Å². The Labute approximate surface area is 99.1 Å². The quantitative estimate of drug-likeness (QED) is 0.585. The smallest absolute Gasteiger partial charge is 0.258 e. The van der Waals surface area contributed by atoms with Crippen LogP contribution in [0, 0.1) is 24.0 Å². The SMILES string of the molecule is Cc1cnc(-c2ccc([N+](=O)[O-])cc2)c(C)c1. The van der Waals surface area contributed by atoms with Crippen molar-refractivity contribution in [3.63, 3.8) is 0 Å². The fraction of sp³-hybridized carbons (Fsp3) is 0.154. The van der Waals surface area contributed by atoms with Crippen LogP contribution >= 0.6 is 0 Å². The molecule has 1 aromatic heterocycles. The number of nitro groups is 1. The standard InChI is InChI=1S/C13H12N2O2/c1-9-7-10(2)13(14-8-9)11-3-5-12(6-4-11)15(16)17/h3-8H,1-2H3. The topological polar surface area (TPSA) is 56.0 Å². The van der Waals surface area contributed by atoms with E-state index in [1.807, 2.05) is 19.9 Å². The zero-order valence-corrected chi connectivity index (χ0v) is 9.68. The lowest BCUT2D eigenvalue weighted by molar-refractivity contribution is -0.384. The predicted molar refractivity (Wildman–Crippen MR) is 65.8 cm³/mol. The Bertz CT molecular complexity index is 562. The molecule has 1 heterocycles. The maximum Gasteiger partial charge on any atom is 0.269 e. The summed E-state index contributed by atoms with van der Waals surface area (Å²) in [5.41, 5.74) is 4.03. The number of non-ortho nitro benzene ring substituents is 1. The van der Waals surface area contributed by atoms with E-state index >= 15 is 0 Å². The fourth-order valence-electron chi connectivity index (χ4n) is 1.76. The van der Waals surface area contributed by atoms with E-state index in [4.69, 9.17) is 0 Å². The number of pyridine rings is 1. The Hall–Kier alpha value is -2.23. The third-order valence-electron chi connectivity index (χ3n) is 2.57. The largest absolute Gasteiger partial charge is 0.269 e. The third kappa shape index (κ3) is 2.30. The summed E-state index contributed by atoms with van der Waals surface area (Å²) >= 11 is 0. The van der Waals surface area contributed by atoms with E-state index in [1.165, 1.54) is 12.1 Å². The van der Waals surface area contributed by atoms with Crippen LogP contribution in [0.3, 0.4) is 0 Å². The van der Waals surface area contributed by atoms with Crippen LogP contribution in [0.1, 0.15) is 11.1 Å². The van der Waals surface area contributed by atoms with E-state index in [-0.39, 0.29) is 5.69 Å². The fourth-order valence-corrected chi connectivity index (χ4v) is 1.76. The molecule has 0 radical (unpaired) electrons. The molecule has 0 unspecified atom stereocenters. The van der Waals surface area contributed by atoms with Crippen molar-refractivity contribution in [2.24, 2.45) is 0 Å². The molecule has 0 aliphatic carbocycles. The first-order chi connectivity index (χ1) is 8.08. The van der Waals surface area contributed by atoms with Gasteiger partial charge in [0, 0.05) is 23.9 Å². The van der Waals surface area contributed by atoms with Gasteiger partial charge in [-0.05, 0) is 37.1 Å².